The summed E-state index contributed by atoms with van der Waals surface area (Å²) in [6, 6.07) is 0. The third-order valence-corrected chi connectivity index (χ3v) is 12.1. The zero-order chi connectivity index (χ0) is 12.6. The van der Waals surface area contributed by atoms with Crippen molar-refractivity contribution in [3.05, 3.63) is 0 Å². The summed E-state index contributed by atoms with van der Waals surface area (Å²) in [6.45, 7) is 21.0. The van der Waals surface area contributed by atoms with Gasteiger partial charge in [0.15, 0.2) is 0 Å². The molecule has 0 spiro atoms. The predicted molar refractivity (Wildman–Crippen MR) is 75.9 cm³/mol. The van der Waals surface area contributed by atoms with E-state index >= 15 is 0 Å². The summed E-state index contributed by atoms with van der Waals surface area (Å²) in [5.41, 5.74) is 0. The molecule has 0 aliphatic heterocycles. The number of nitrogens with zero attached hydrogens (tertiary/aromatic N) is 3. The summed E-state index contributed by atoms with van der Waals surface area (Å²) < 4.78 is 8.19. The van der Waals surface area contributed by atoms with Crippen LogP contribution in [0.1, 0.15) is 41.5 Å². The van der Waals surface area contributed by atoms with E-state index in [0.29, 0.717) is 0 Å². The molecule has 0 saturated carbocycles. The Balaban J connectivity index is 4.84. The van der Waals surface area contributed by atoms with Gasteiger partial charge in [0.05, 0.1) is 0 Å². The van der Waals surface area contributed by atoms with E-state index < -0.39 is 15.0 Å². The Hall–Kier alpha value is 0.423. The molecule has 0 atom stereocenters. The molecule has 0 unspecified atom stereocenters. The topological polar surface area (TPSA) is 9.72 Å². The zero-order valence-corrected chi connectivity index (χ0v) is 14.6. The monoisotopic (exact) mass is 291 g/mol. The van der Waals surface area contributed by atoms with E-state index in [4.69, 9.17) is 0 Å². The molecule has 0 bridgehead atoms. The Morgan fingerprint density at radius 3 is 0.812 bits per heavy atom. The van der Waals surface area contributed by atoms with Crippen LogP contribution >= 0.6 is 0 Å². The van der Waals surface area contributed by atoms with Gasteiger partial charge in [-0.3, -0.25) is 0 Å². The van der Waals surface area contributed by atoms with Crippen molar-refractivity contribution in [2.75, 3.05) is 39.3 Å². The molecule has 4 heteroatoms. The number of hydrogen-bond donors (Lipinski definition) is 0. The first-order valence-electron chi connectivity index (χ1n) is 6.91. The molecule has 0 aromatic carbocycles. The first kappa shape index (κ1) is 16.4. The molecule has 0 amide bonds. The van der Waals surface area contributed by atoms with Gasteiger partial charge in [-0.15, -0.1) is 0 Å². The summed E-state index contributed by atoms with van der Waals surface area (Å²) in [7, 11) is 0. The van der Waals surface area contributed by atoms with E-state index in [1.54, 1.807) is 0 Å². The second kappa shape index (κ2) is 9.45. The Kier molecular flexibility index (Phi) is 9.70. The fraction of sp³-hybridized carbons (Fsp3) is 1.00. The van der Waals surface area contributed by atoms with Gasteiger partial charge in [-0.2, -0.15) is 0 Å². The van der Waals surface area contributed by atoms with Gasteiger partial charge in [0.1, 0.15) is 0 Å². The average Bonchev–Trinajstić information content (AvgIpc) is 2.33. The normalized spacial score (nSPS) is 12.4. The minimum atomic E-state index is -1.62. The number of rotatable bonds is 9. The predicted octanol–water partition coefficient (Wildman–Crippen LogP) is 1.73. The van der Waals surface area contributed by atoms with Gasteiger partial charge < -0.3 is 0 Å². The quantitative estimate of drug-likeness (QED) is 0.599. The molecule has 0 saturated heterocycles. The van der Waals surface area contributed by atoms with E-state index in [-0.39, 0.29) is 0 Å². The molecule has 98 valence electrons. The van der Waals surface area contributed by atoms with E-state index in [0.717, 1.165) is 0 Å². The van der Waals surface area contributed by atoms with Crippen LogP contribution in [0.25, 0.3) is 0 Å². The summed E-state index contributed by atoms with van der Waals surface area (Å²) in [5, 5.41) is 0. The molecular formula is C12H31GeN3. The second-order valence-corrected chi connectivity index (χ2v) is 10.1. The maximum atomic E-state index is 2.73. The molecule has 0 radical (unpaired) electrons. The molecular weight excluding hydrogens is 259 g/mol. The molecule has 0 aromatic rings. The molecule has 0 fully saturated rings. The van der Waals surface area contributed by atoms with Crippen LogP contribution in [-0.2, 0) is 0 Å². The molecule has 0 aromatic heterocycles. The molecule has 3 nitrogen and oxygen atoms in total. The third-order valence-electron chi connectivity index (χ3n) is 3.42. The molecule has 0 N–H and O–H groups in total. The van der Waals surface area contributed by atoms with Gasteiger partial charge >= 0.3 is 107 Å². The van der Waals surface area contributed by atoms with Crippen molar-refractivity contribution in [1.82, 2.24) is 11.6 Å². The second-order valence-electron chi connectivity index (χ2n) is 4.01. The summed E-state index contributed by atoms with van der Waals surface area (Å²) in [5.74, 6) is 0. The van der Waals surface area contributed by atoms with Crippen LogP contribution in [0.2, 0.25) is 0 Å². The summed E-state index contributed by atoms with van der Waals surface area (Å²) in [4.78, 5) is 0. The Morgan fingerprint density at radius 1 is 0.500 bits per heavy atom. The maximum absolute atomic E-state index is 2.73. The van der Waals surface area contributed by atoms with Gasteiger partial charge in [-0.25, -0.2) is 0 Å². The molecule has 0 rings (SSSR count). The minimum absolute atomic E-state index is 1.20. The van der Waals surface area contributed by atoms with Crippen molar-refractivity contribution < 1.29 is 0 Å². The van der Waals surface area contributed by atoms with E-state index in [1.807, 2.05) is 0 Å². The first-order chi connectivity index (χ1) is 7.69. The fourth-order valence-electron chi connectivity index (χ4n) is 2.34. The van der Waals surface area contributed by atoms with Crippen LogP contribution in [0, 0.1) is 0 Å². The van der Waals surface area contributed by atoms with Crippen molar-refractivity contribution >= 4 is 15.0 Å². The Bertz CT molecular complexity index is 126. The molecule has 16 heavy (non-hydrogen) atoms. The van der Waals surface area contributed by atoms with Crippen molar-refractivity contribution in [2.24, 2.45) is 0 Å². The third kappa shape index (κ3) is 4.36. The van der Waals surface area contributed by atoms with Crippen LogP contribution in [-0.4, -0.2) is 65.9 Å². The number of hydrogen-bond acceptors (Lipinski definition) is 3. The van der Waals surface area contributed by atoms with Gasteiger partial charge in [0, 0.05) is 0 Å². The molecule has 0 heterocycles. The summed E-state index contributed by atoms with van der Waals surface area (Å²) in [6.07, 6.45) is 0. The van der Waals surface area contributed by atoms with Gasteiger partial charge in [0.2, 0.25) is 0 Å². The van der Waals surface area contributed by atoms with Crippen molar-refractivity contribution in [3.8, 4) is 0 Å². The van der Waals surface area contributed by atoms with Crippen molar-refractivity contribution in [3.63, 3.8) is 0 Å². The van der Waals surface area contributed by atoms with Crippen LogP contribution in [0.5, 0.6) is 0 Å². The first-order valence-corrected chi connectivity index (χ1v) is 10.2. The van der Waals surface area contributed by atoms with E-state index in [1.165, 1.54) is 39.3 Å². The Morgan fingerprint density at radius 2 is 0.688 bits per heavy atom. The zero-order valence-electron chi connectivity index (χ0n) is 12.2. The molecule has 0 aliphatic carbocycles. The van der Waals surface area contributed by atoms with Gasteiger partial charge in [-0.1, -0.05) is 0 Å². The van der Waals surface area contributed by atoms with Crippen LogP contribution in [0.15, 0.2) is 0 Å². The SMILES string of the molecule is CC[N](CC)[GeH]([N](CC)CC)[N](CC)CC. The fourth-order valence-corrected chi connectivity index (χ4v) is 9.36. The van der Waals surface area contributed by atoms with Crippen molar-refractivity contribution in [1.29, 1.82) is 0 Å². The van der Waals surface area contributed by atoms with Crippen molar-refractivity contribution in [2.45, 2.75) is 41.5 Å². The van der Waals surface area contributed by atoms with Crippen LogP contribution < -0.4 is 0 Å². The Labute approximate surface area is 108 Å². The van der Waals surface area contributed by atoms with E-state index in [9.17, 15) is 0 Å². The van der Waals surface area contributed by atoms with Gasteiger partial charge in [0.25, 0.3) is 0 Å². The van der Waals surface area contributed by atoms with Crippen LogP contribution in [0.4, 0.5) is 0 Å². The summed E-state index contributed by atoms with van der Waals surface area (Å²) >= 11 is -1.62. The standard InChI is InChI=1S/C12H31GeN3/c1-7-14(8-2)13(15(9-3)10-4)16(11-5)12-6/h13H,7-12H2,1-6H3. The van der Waals surface area contributed by atoms with Crippen LogP contribution in [0.3, 0.4) is 0 Å². The van der Waals surface area contributed by atoms with Gasteiger partial charge in [-0.05, 0) is 0 Å². The van der Waals surface area contributed by atoms with E-state index in [2.05, 4.69) is 53.1 Å². The molecule has 0 aliphatic rings. The average molecular weight is 290 g/mol.